The normalized spacial score (nSPS) is 22.1. The van der Waals surface area contributed by atoms with E-state index in [4.69, 9.17) is 9.73 Å². The zero-order valence-electron chi connectivity index (χ0n) is 18.2. The number of carbonyl (C=O) groups is 1. The maximum absolute atomic E-state index is 12.0. The molecule has 166 valence electrons. The van der Waals surface area contributed by atoms with Crippen molar-refractivity contribution in [3.63, 3.8) is 0 Å². The van der Waals surface area contributed by atoms with Crippen LogP contribution in [0.4, 0.5) is 0 Å². The Bertz CT molecular complexity index is 733. The molecule has 1 aromatic rings. The number of carbonyl (C=O) groups excluding carboxylic acids is 1. The number of nitrogens with zero attached hydrogens (tertiary/aromatic N) is 3. The first-order valence-corrected chi connectivity index (χ1v) is 10.9. The molecule has 0 radical (unpaired) electrons. The van der Waals surface area contributed by atoms with Crippen LogP contribution in [-0.2, 0) is 21.6 Å². The number of aliphatic hydroxyl groups is 1. The molecule has 1 atom stereocenters. The van der Waals surface area contributed by atoms with Gasteiger partial charge in [-0.1, -0.05) is 24.3 Å². The number of rotatable bonds is 8. The minimum absolute atomic E-state index is 0.0307. The molecule has 0 spiro atoms. The number of hydrogen-bond donors (Lipinski definition) is 3. The van der Waals surface area contributed by atoms with Gasteiger partial charge in [-0.05, 0) is 30.9 Å². The summed E-state index contributed by atoms with van der Waals surface area (Å²) >= 11 is 0. The Morgan fingerprint density at radius 2 is 2.00 bits per heavy atom. The Morgan fingerprint density at radius 1 is 1.23 bits per heavy atom. The minimum Gasteiger partial charge on any atom is -0.383 e. The molecule has 1 saturated heterocycles. The number of aryl methyl sites for hydroxylation is 1. The number of piperazine rings is 1. The first kappa shape index (κ1) is 22.5. The van der Waals surface area contributed by atoms with E-state index in [0.29, 0.717) is 32.7 Å². The van der Waals surface area contributed by atoms with Crippen molar-refractivity contribution in [2.45, 2.75) is 25.4 Å². The summed E-state index contributed by atoms with van der Waals surface area (Å²) in [6.07, 6.45) is 1.60. The van der Waals surface area contributed by atoms with Crippen LogP contribution in [0.25, 0.3) is 0 Å². The number of guanidine groups is 1. The van der Waals surface area contributed by atoms with Gasteiger partial charge in [0.2, 0.25) is 5.91 Å². The predicted molar refractivity (Wildman–Crippen MR) is 118 cm³/mol. The summed E-state index contributed by atoms with van der Waals surface area (Å²) in [6.45, 7) is 7.85. The molecule has 1 aliphatic carbocycles. The van der Waals surface area contributed by atoms with E-state index < -0.39 is 5.60 Å². The lowest BCUT2D eigenvalue weighted by atomic mass is 9.96. The van der Waals surface area contributed by atoms with Crippen molar-refractivity contribution in [3.05, 3.63) is 35.4 Å². The molecule has 30 heavy (non-hydrogen) atoms. The highest BCUT2D eigenvalue weighted by Gasteiger charge is 2.36. The SMILES string of the molecule is CCNC(=NCC1(O)CCc2ccccc21)N1CCN(CC(=O)NCCOC)CC1. The summed E-state index contributed by atoms with van der Waals surface area (Å²) < 4.78 is 4.96. The fourth-order valence-corrected chi connectivity index (χ4v) is 4.13. The summed E-state index contributed by atoms with van der Waals surface area (Å²) in [5.74, 6) is 0.864. The first-order chi connectivity index (χ1) is 14.6. The molecule has 1 unspecified atom stereocenters. The van der Waals surface area contributed by atoms with E-state index in [-0.39, 0.29) is 5.91 Å². The van der Waals surface area contributed by atoms with Gasteiger partial charge in [0.1, 0.15) is 5.60 Å². The molecule has 1 aliphatic heterocycles. The van der Waals surface area contributed by atoms with Crippen LogP contribution in [-0.4, -0.2) is 92.8 Å². The number of ether oxygens (including phenoxy) is 1. The zero-order chi connectivity index (χ0) is 21.4. The fourth-order valence-electron chi connectivity index (χ4n) is 4.13. The molecule has 3 N–H and O–H groups in total. The fraction of sp³-hybridized carbons (Fsp3) is 0.636. The highest BCUT2D eigenvalue weighted by atomic mass is 16.5. The van der Waals surface area contributed by atoms with Crippen molar-refractivity contribution in [1.29, 1.82) is 0 Å². The van der Waals surface area contributed by atoms with Gasteiger partial charge >= 0.3 is 0 Å². The van der Waals surface area contributed by atoms with Crippen molar-refractivity contribution in [2.24, 2.45) is 4.99 Å². The third kappa shape index (κ3) is 5.71. The summed E-state index contributed by atoms with van der Waals surface area (Å²) in [7, 11) is 1.62. The largest absolute Gasteiger partial charge is 0.383 e. The lowest BCUT2D eigenvalue weighted by Gasteiger charge is -2.36. The molecule has 8 heteroatoms. The molecule has 0 saturated carbocycles. The van der Waals surface area contributed by atoms with Crippen molar-refractivity contribution >= 4 is 11.9 Å². The van der Waals surface area contributed by atoms with Crippen LogP contribution in [0.15, 0.2) is 29.3 Å². The average Bonchev–Trinajstić information content (AvgIpc) is 3.09. The highest BCUT2D eigenvalue weighted by Crippen LogP contribution is 2.36. The second-order valence-corrected chi connectivity index (χ2v) is 7.96. The molecular formula is C22H35N5O3. The van der Waals surface area contributed by atoms with Crippen LogP contribution in [0.3, 0.4) is 0 Å². The Morgan fingerprint density at radius 3 is 2.73 bits per heavy atom. The maximum atomic E-state index is 12.0. The Labute approximate surface area is 179 Å². The van der Waals surface area contributed by atoms with Crippen LogP contribution in [0.5, 0.6) is 0 Å². The van der Waals surface area contributed by atoms with E-state index in [1.54, 1.807) is 7.11 Å². The molecule has 3 rings (SSSR count). The van der Waals surface area contributed by atoms with Crippen molar-refractivity contribution in [1.82, 2.24) is 20.4 Å². The van der Waals surface area contributed by atoms with E-state index in [9.17, 15) is 9.90 Å². The van der Waals surface area contributed by atoms with Crippen molar-refractivity contribution < 1.29 is 14.6 Å². The molecule has 2 aliphatic rings. The summed E-state index contributed by atoms with van der Waals surface area (Å²) in [4.78, 5) is 21.2. The van der Waals surface area contributed by atoms with Gasteiger partial charge in [0.25, 0.3) is 0 Å². The summed E-state index contributed by atoms with van der Waals surface area (Å²) in [5.41, 5.74) is 1.34. The van der Waals surface area contributed by atoms with Crippen LogP contribution in [0, 0.1) is 0 Å². The summed E-state index contributed by atoms with van der Waals surface area (Å²) in [5, 5.41) is 17.4. The Kier molecular flexibility index (Phi) is 8.07. The minimum atomic E-state index is -0.890. The number of benzene rings is 1. The standard InChI is InChI=1S/C22H35N5O3/c1-3-23-21(25-17-22(29)9-8-18-6-4-5-7-19(18)22)27-13-11-26(12-14-27)16-20(28)24-10-15-30-2/h4-7,29H,3,8-17H2,1-2H3,(H,23,25)(H,24,28). The van der Waals surface area contributed by atoms with Gasteiger partial charge in [0, 0.05) is 46.4 Å². The van der Waals surface area contributed by atoms with Gasteiger partial charge in [-0.3, -0.25) is 9.69 Å². The van der Waals surface area contributed by atoms with E-state index in [0.717, 1.165) is 50.7 Å². The van der Waals surface area contributed by atoms with E-state index in [1.807, 2.05) is 18.2 Å². The number of hydrogen-bond acceptors (Lipinski definition) is 5. The monoisotopic (exact) mass is 417 g/mol. The van der Waals surface area contributed by atoms with Gasteiger partial charge in [0.05, 0.1) is 19.7 Å². The number of fused-ring (bicyclic) bond motifs is 1. The van der Waals surface area contributed by atoms with Gasteiger partial charge in [-0.15, -0.1) is 0 Å². The molecule has 0 aromatic heterocycles. The molecule has 1 amide bonds. The van der Waals surface area contributed by atoms with Crippen LogP contribution < -0.4 is 10.6 Å². The first-order valence-electron chi connectivity index (χ1n) is 10.9. The maximum Gasteiger partial charge on any atom is 0.234 e. The lowest BCUT2D eigenvalue weighted by Crippen LogP contribution is -2.54. The van der Waals surface area contributed by atoms with Gasteiger partial charge in [-0.2, -0.15) is 0 Å². The van der Waals surface area contributed by atoms with Gasteiger partial charge < -0.3 is 25.4 Å². The lowest BCUT2D eigenvalue weighted by molar-refractivity contribution is -0.122. The number of methoxy groups -OCH3 is 1. The van der Waals surface area contributed by atoms with E-state index >= 15 is 0 Å². The zero-order valence-corrected chi connectivity index (χ0v) is 18.2. The van der Waals surface area contributed by atoms with E-state index in [2.05, 4.69) is 33.4 Å². The summed E-state index contributed by atoms with van der Waals surface area (Å²) in [6, 6.07) is 8.11. The smallest absolute Gasteiger partial charge is 0.234 e. The van der Waals surface area contributed by atoms with Gasteiger partial charge in [-0.25, -0.2) is 4.99 Å². The molecule has 1 heterocycles. The molecule has 1 fully saturated rings. The third-order valence-electron chi connectivity index (χ3n) is 5.82. The average molecular weight is 418 g/mol. The number of aliphatic imine (C=N–C) groups is 1. The van der Waals surface area contributed by atoms with Crippen LogP contribution in [0.2, 0.25) is 0 Å². The topological polar surface area (TPSA) is 89.4 Å². The van der Waals surface area contributed by atoms with Crippen molar-refractivity contribution in [2.75, 3.05) is 66.1 Å². The van der Waals surface area contributed by atoms with Crippen LogP contribution >= 0.6 is 0 Å². The third-order valence-corrected chi connectivity index (χ3v) is 5.82. The molecule has 1 aromatic carbocycles. The van der Waals surface area contributed by atoms with Crippen molar-refractivity contribution in [3.8, 4) is 0 Å². The quantitative estimate of drug-likeness (QED) is 0.317. The number of amides is 1. The second kappa shape index (κ2) is 10.7. The molecular weight excluding hydrogens is 382 g/mol. The number of nitrogens with one attached hydrogen (secondary N) is 2. The predicted octanol–water partition coefficient (Wildman–Crippen LogP) is 0.166. The molecule has 0 bridgehead atoms. The van der Waals surface area contributed by atoms with E-state index in [1.165, 1.54) is 5.56 Å². The Hall–Kier alpha value is -2.16. The van der Waals surface area contributed by atoms with Gasteiger partial charge in [0.15, 0.2) is 5.96 Å². The molecule has 8 nitrogen and oxygen atoms in total. The highest BCUT2D eigenvalue weighted by molar-refractivity contribution is 5.80. The van der Waals surface area contributed by atoms with Crippen LogP contribution in [0.1, 0.15) is 24.5 Å². The Balaban J connectivity index is 1.54. The second-order valence-electron chi connectivity index (χ2n) is 7.96.